The van der Waals surface area contributed by atoms with Crippen molar-refractivity contribution in [2.24, 2.45) is 5.92 Å². The fraction of sp³-hybridized carbons (Fsp3) is 0.526. The van der Waals surface area contributed by atoms with Gasteiger partial charge in [0.25, 0.3) is 11.3 Å². The molecule has 1 fully saturated rings. The van der Waals surface area contributed by atoms with E-state index in [4.69, 9.17) is 0 Å². The molecule has 28 heavy (non-hydrogen) atoms. The van der Waals surface area contributed by atoms with Crippen molar-refractivity contribution in [1.82, 2.24) is 29.4 Å². The number of hydrogen-bond donors (Lipinski definition) is 0. The van der Waals surface area contributed by atoms with Crippen LogP contribution in [0.4, 0.5) is 5.82 Å². The summed E-state index contributed by atoms with van der Waals surface area (Å²) in [5, 5.41) is 8.97. The van der Waals surface area contributed by atoms with E-state index in [0.29, 0.717) is 24.2 Å². The van der Waals surface area contributed by atoms with E-state index in [-0.39, 0.29) is 5.56 Å². The Morgan fingerprint density at radius 1 is 1.29 bits per heavy atom. The highest BCUT2D eigenvalue weighted by Gasteiger charge is 2.30. The van der Waals surface area contributed by atoms with E-state index in [1.165, 1.54) is 0 Å². The maximum absolute atomic E-state index is 12.4. The SMILES string of the molecule is CC(C)c1cc(N2CC(Cn3nc4c(cc3=O)CSCC4)C2)n2ncnc2n1. The summed E-state index contributed by atoms with van der Waals surface area (Å²) in [6.07, 6.45) is 2.50. The Morgan fingerprint density at radius 3 is 2.96 bits per heavy atom. The van der Waals surface area contributed by atoms with Gasteiger partial charge in [-0.15, -0.1) is 0 Å². The maximum Gasteiger partial charge on any atom is 0.267 e. The zero-order chi connectivity index (χ0) is 19.3. The molecule has 5 rings (SSSR count). The Hall–Kier alpha value is -2.42. The molecule has 1 saturated heterocycles. The lowest BCUT2D eigenvalue weighted by atomic mass is 10.00. The zero-order valence-electron chi connectivity index (χ0n) is 16.1. The first kappa shape index (κ1) is 17.7. The van der Waals surface area contributed by atoms with Crippen LogP contribution in [-0.2, 0) is 18.7 Å². The monoisotopic (exact) mass is 397 g/mol. The first-order valence-electron chi connectivity index (χ1n) is 9.72. The van der Waals surface area contributed by atoms with E-state index in [2.05, 4.69) is 45.0 Å². The quantitative estimate of drug-likeness (QED) is 0.663. The minimum absolute atomic E-state index is 0.0179. The molecule has 5 heterocycles. The van der Waals surface area contributed by atoms with Crippen LogP contribution in [0.5, 0.6) is 0 Å². The summed E-state index contributed by atoms with van der Waals surface area (Å²) >= 11 is 1.87. The summed E-state index contributed by atoms with van der Waals surface area (Å²) < 4.78 is 3.46. The van der Waals surface area contributed by atoms with E-state index >= 15 is 0 Å². The van der Waals surface area contributed by atoms with Gasteiger partial charge in [-0.05, 0) is 17.2 Å². The second kappa shape index (κ2) is 6.88. The molecule has 0 N–H and O–H groups in total. The van der Waals surface area contributed by atoms with Crippen molar-refractivity contribution in [2.75, 3.05) is 23.7 Å². The van der Waals surface area contributed by atoms with Crippen LogP contribution >= 0.6 is 11.8 Å². The van der Waals surface area contributed by atoms with Gasteiger partial charge in [-0.25, -0.2) is 9.67 Å². The van der Waals surface area contributed by atoms with Gasteiger partial charge in [0.2, 0.25) is 0 Å². The topological polar surface area (TPSA) is 81.2 Å². The Bertz CT molecular complexity index is 1080. The van der Waals surface area contributed by atoms with Crippen molar-refractivity contribution in [3.05, 3.63) is 45.8 Å². The molecule has 0 aliphatic carbocycles. The molecule has 3 aromatic heterocycles. The second-order valence-corrected chi connectivity index (χ2v) is 8.98. The molecule has 0 radical (unpaired) electrons. The molecule has 146 valence electrons. The highest BCUT2D eigenvalue weighted by atomic mass is 32.2. The van der Waals surface area contributed by atoms with Gasteiger partial charge in [0, 0.05) is 43.3 Å². The largest absolute Gasteiger partial charge is 0.356 e. The Labute approximate surface area is 167 Å². The molecule has 8 nitrogen and oxygen atoms in total. The summed E-state index contributed by atoms with van der Waals surface area (Å²) in [5.74, 6) is 4.37. The molecule has 2 aliphatic heterocycles. The molecule has 0 saturated carbocycles. The lowest BCUT2D eigenvalue weighted by molar-refractivity contribution is 0.329. The Morgan fingerprint density at radius 2 is 2.14 bits per heavy atom. The molecular formula is C19H23N7OS. The van der Waals surface area contributed by atoms with E-state index in [9.17, 15) is 4.79 Å². The molecule has 0 atom stereocenters. The normalized spacial score (nSPS) is 17.2. The summed E-state index contributed by atoms with van der Waals surface area (Å²) in [5.41, 5.74) is 3.24. The lowest BCUT2D eigenvalue weighted by Gasteiger charge is -2.40. The Kier molecular flexibility index (Phi) is 4.34. The molecule has 3 aromatic rings. The molecule has 0 amide bonds. The van der Waals surface area contributed by atoms with Crippen LogP contribution in [0.1, 0.15) is 36.7 Å². The summed E-state index contributed by atoms with van der Waals surface area (Å²) in [7, 11) is 0. The van der Waals surface area contributed by atoms with Gasteiger partial charge in [0.15, 0.2) is 0 Å². The number of fused-ring (bicyclic) bond motifs is 2. The van der Waals surface area contributed by atoms with E-state index in [0.717, 1.165) is 53.8 Å². The molecule has 0 spiro atoms. The predicted octanol–water partition coefficient (Wildman–Crippen LogP) is 1.73. The third-order valence-corrected chi connectivity index (χ3v) is 6.47. The van der Waals surface area contributed by atoms with Crippen molar-refractivity contribution < 1.29 is 0 Å². The maximum atomic E-state index is 12.4. The van der Waals surface area contributed by atoms with Gasteiger partial charge in [-0.3, -0.25) is 4.79 Å². The van der Waals surface area contributed by atoms with Gasteiger partial charge in [-0.2, -0.15) is 31.5 Å². The minimum atomic E-state index is 0.0179. The first-order valence-corrected chi connectivity index (χ1v) is 10.9. The average molecular weight is 398 g/mol. The van der Waals surface area contributed by atoms with Crippen molar-refractivity contribution in [3.8, 4) is 0 Å². The van der Waals surface area contributed by atoms with Crippen LogP contribution in [0.25, 0.3) is 5.78 Å². The van der Waals surface area contributed by atoms with Gasteiger partial charge in [0.1, 0.15) is 12.1 Å². The standard InChI is InChI=1S/C19H23N7OS/c1-12(2)16-6-17(26-19(22-16)20-11-21-26)24-7-13(8-24)9-25-18(27)5-14-10-28-4-3-15(14)23-25/h5-6,11-13H,3-4,7-10H2,1-2H3. The predicted molar refractivity (Wildman–Crippen MR) is 109 cm³/mol. The number of anilines is 1. The van der Waals surface area contributed by atoms with Crippen molar-refractivity contribution in [1.29, 1.82) is 0 Å². The molecule has 0 bridgehead atoms. The van der Waals surface area contributed by atoms with Crippen LogP contribution in [0.3, 0.4) is 0 Å². The minimum Gasteiger partial charge on any atom is -0.356 e. The Balaban J connectivity index is 1.34. The molecule has 0 aromatic carbocycles. The molecular weight excluding hydrogens is 374 g/mol. The molecule has 2 aliphatic rings. The average Bonchev–Trinajstić information content (AvgIpc) is 3.12. The number of nitrogens with zero attached hydrogens (tertiary/aromatic N) is 7. The summed E-state index contributed by atoms with van der Waals surface area (Å²) in [4.78, 5) is 23.5. The van der Waals surface area contributed by atoms with Crippen LogP contribution in [0.15, 0.2) is 23.3 Å². The highest BCUT2D eigenvalue weighted by Crippen LogP contribution is 2.28. The van der Waals surface area contributed by atoms with Crippen LogP contribution < -0.4 is 10.5 Å². The van der Waals surface area contributed by atoms with E-state index in [1.54, 1.807) is 21.6 Å². The third-order valence-electron chi connectivity index (χ3n) is 5.46. The fourth-order valence-electron chi connectivity index (χ4n) is 3.84. The molecule has 9 heteroatoms. The zero-order valence-corrected chi connectivity index (χ0v) is 16.9. The number of aromatic nitrogens is 6. The number of thioether (sulfide) groups is 1. The van der Waals surface area contributed by atoms with Crippen molar-refractivity contribution in [2.45, 2.75) is 38.5 Å². The first-order chi connectivity index (χ1) is 13.6. The molecule has 0 unspecified atom stereocenters. The van der Waals surface area contributed by atoms with E-state index in [1.807, 2.05) is 11.8 Å². The van der Waals surface area contributed by atoms with Gasteiger partial charge >= 0.3 is 0 Å². The second-order valence-electron chi connectivity index (χ2n) is 7.88. The lowest BCUT2D eigenvalue weighted by Crippen LogP contribution is -2.50. The fourth-order valence-corrected chi connectivity index (χ4v) is 4.79. The third kappa shape index (κ3) is 3.07. The number of hydrogen-bond acceptors (Lipinski definition) is 7. The number of rotatable bonds is 4. The van der Waals surface area contributed by atoms with Crippen molar-refractivity contribution >= 4 is 23.4 Å². The van der Waals surface area contributed by atoms with Gasteiger partial charge < -0.3 is 4.90 Å². The highest BCUT2D eigenvalue weighted by molar-refractivity contribution is 7.98. The van der Waals surface area contributed by atoms with Gasteiger partial charge in [-0.1, -0.05) is 13.8 Å². The van der Waals surface area contributed by atoms with Crippen LogP contribution in [-0.4, -0.2) is 48.2 Å². The van der Waals surface area contributed by atoms with Gasteiger partial charge in [0.05, 0.1) is 17.9 Å². The summed E-state index contributed by atoms with van der Waals surface area (Å²) in [6.45, 7) is 6.67. The number of aryl methyl sites for hydroxylation is 1. The van der Waals surface area contributed by atoms with Crippen LogP contribution in [0, 0.1) is 5.92 Å². The van der Waals surface area contributed by atoms with Crippen LogP contribution in [0.2, 0.25) is 0 Å². The van der Waals surface area contributed by atoms with Crippen molar-refractivity contribution in [3.63, 3.8) is 0 Å². The smallest absolute Gasteiger partial charge is 0.267 e. The summed E-state index contributed by atoms with van der Waals surface area (Å²) in [6, 6.07) is 3.88. The van der Waals surface area contributed by atoms with E-state index < -0.39 is 0 Å².